The summed E-state index contributed by atoms with van der Waals surface area (Å²) in [6, 6.07) is 11.5. The maximum atomic E-state index is 12.8. The summed E-state index contributed by atoms with van der Waals surface area (Å²) in [6.07, 6.45) is 0.438. The summed E-state index contributed by atoms with van der Waals surface area (Å²) < 4.78 is 21.5. The smallest absolute Gasteiger partial charge is 0.203 e. The molecule has 1 fully saturated rings. The molecule has 1 heterocycles. The Morgan fingerprint density at radius 2 is 1.42 bits per heavy atom. The Morgan fingerprint density at radius 1 is 0.839 bits per heavy atom. The van der Waals surface area contributed by atoms with Crippen molar-refractivity contribution in [3.05, 3.63) is 42.0 Å². The van der Waals surface area contributed by atoms with Crippen LogP contribution in [0.5, 0.6) is 23.0 Å². The zero-order valence-electron chi connectivity index (χ0n) is 18.6. The number of para-hydroxylation sites is 2. The van der Waals surface area contributed by atoms with Gasteiger partial charge in [-0.2, -0.15) is 0 Å². The quantitative estimate of drug-likeness (QED) is 0.541. The highest BCUT2D eigenvalue weighted by atomic mass is 35.5. The van der Waals surface area contributed by atoms with Gasteiger partial charge < -0.3 is 23.8 Å². The number of hydrogen-bond donors (Lipinski definition) is 0. The van der Waals surface area contributed by atoms with Crippen molar-refractivity contribution in [1.29, 1.82) is 0 Å². The molecule has 0 aliphatic carbocycles. The van der Waals surface area contributed by atoms with Gasteiger partial charge in [0.05, 0.1) is 34.1 Å². The van der Waals surface area contributed by atoms with Crippen molar-refractivity contribution in [3.63, 3.8) is 0 Å². The van der Waals surface area contributed by atoms with Gasteiger partial charge >= 0.3 is 0 Å². The first-order valence-electron chi connectivity index (χ1n) is 10.0. The van der Waals surface area contributed by atoms with E-state index in [2.05, 4.69) is 15.9 Å². The molecule has 0 atom stereocenters. The number of hydrogen-bond acceptors (Lipinski definition) is 7. The average Bonchev–Trinajstić information content (AvgIpc) is 2.81. The maximum Gasteiger partial charge on any atom is 0.203 e. The number of Topliss-reactive ketones (excluding diaryl/α,β-unsaturated/α-hetero) is 1. The SMILES string of the molecule is COc1ccccc1N1CCN(CCC(=O)c2cc(OC)c(OC)c(OC)c2)CC1.Cl. The number of ketones is 1. The molecule has 2 aromatic rings. The fourth-order valence-electron chi connectivity index (χ4n) is 3.75. The fourth-order valence-corrected chi connectivity index (χ4v) is 3.75. The van der Waals surface area contributed by atoms with Gasteiger partial charge in [-0.25, -0.2) is 0 Å². The van der Waals surface area contributed by atoms with E-state index in [-0.39, 0.29) is 18.2 Å². The van der Waals surface area contributed by atoms with Crippen LogP contribution in [-0.4, -0.2) is 71.8 Å². The van der Waals surface area contributed by atoms with Crippen LogP contribution in [0.3, 0.4) is 0 Å². The first kappa shape index (κ1) is 24.6. The van der Waals surface area contributed by atoms with Crippen LogP contribution in [0, 0.1) is 0 Å². The molecule has 0 saturated carbocycles. The molecule has 1 aliphatic heterocycles. The van der Waals surface area contributed by atoms with E-state index in [9.17, 15) is 4.79 Å². The van der Waals surface area contributed by atoms with Gasteiger partial charge in [0.1, 0.15) is 5.75 Å². The molecule has 8 heteroatoms. The molecule has 0 radical (unpaired) electrons. The van der Waals surface area contributed by atoms with Crippen molar-refractivity contribution in [2.75, 3.05) is 66.1 Å². The van der Waals surface area contributed by atoms with Gasteiger partial charge in [-0.1, -0.05) is 12.1 Å². The molecular formula is C23H31ClN2O5. The van der Waals surface area contributed by atoms with Gasteiger partial charge in [0.25, 0.3) is 0 Å². The molecule has 2 aromatic carbocycles. The van der Waals surface area contributed by atoms with E-state index in [1.54, 1.807) is 40.6 Å². The summed E-state index contributed by atoms with van der Waals surface area (Å²) in [4.78, 5) is 17.4. The molecule has 170 valence electrons. The zero-order valence-corrected chi connectivity index (χ0v) is 19.4. The third-order valence-electron chi connectivity index (χ3n) is 5.44. The zero-order chi connectivity index (χ0) is 21.5. The monoisotopic (exact) mass is 450 g/mol. The minimum atomic E-state index is 0. The Hall–Kier alpha value is -2.64. The van der Waals surface area contributed by atoms with E-state index < -0.39 is 0 Å². The second kappa shape index (κ2) is 11.7. The molecule has 0 amide bonds. The molecule has 31 heavy (non-hydrogen) atoms. The highest BCUT2D eigenvalue weighted by Gasteiger charge is 2.21. The number of ether oxygens (including phenoxy) is 4. The van der Waals surface area contributed by atoms with Crippen LogP contribution in [0.1, 0.15) is 16.8 Å². The lowest BCUT2D eigenvalue weighted by Gasteiger charge is -2.36. The molecule has 3 rings (SSSR count). The molecule has 0 aromatic heterocycles. The molecular weight excluding hydrogens is 420 g/mol. The number of carbonyl (C=O) groups excluding carboxylic acids is 1. The van der Waals surface area contributed by atoms with Crippen molar-refractivity contribution < 1.29 is 23.7 Å². The number of benzene rings is 2. The molecule has 0 bridgehead atoms. The van der Waals surface area contributed by atoms with E-state index in [0.717, 1.165) is 44.2 Å². The van der Waals surface area contributed by atoms with E-state index >= 15 is 0 Å². The second-order valence-electron chi connectivity index (χ2n) is 7.09. The number of piperazine rings is 1. The van der Waals surface area contributed by atoms with Gasteiger partial charge in [-0.05, 0) is 24.3 Å². The molecule has 1 aliphatic rings. The molecule has 0 spiro atoms. The van der Waals surface area contributed by atoms with Gasteiger partial charge in [0.2, 0.25) is 5.75 Å². The van der Waals surface area contributed by atoms with Crippen LogP contribution in [0.4, 0.5) is 5.69 Å². The van der Waals surface area contributed by atoms with Crippen molar-refractivity contribution in [3.8, 4) is 23.0 Å². The minimum Gasteiger partial charge on any atom is -0.495 e. The normalized spacial score (nSPS) is 13.9. The van der Waals surface area contributed by atoms with Gasteiger partial charge in [0, 0.05) is 44.7 Å². The van der Waals surface area contributed by atoms with E-state index in [1.165, 1.54) is 0 Å². The minimum absolute atomic E-state index is 0. The summed E-state index contributed by atoms with van der Waals surface area (Å²) in [5, 5.41) is 0. The van der Waals surface area contributed by atoms with Crippen molar-refractivity contribution >= 4 is 23.9 Å². The lowest BCUT2D eigenvalue weighted by molar-refractivity contribution is 0.0961. The highest BCUT2D eigenvalue weighted by molar-refractivity contribution is 5.97. The van der Waals surface area contributed by atoms with E-state index in [1.807, 2.05) is 18.2 Å². The number of carbonyl (C=O) groups is 1. The van der Waals surface area contributed by atoms with Gasteiger partial charge in [-0.15, -0.1) is 12.4 Å². The second-order valence-corrected chi connectivity index (χ2v) is 7.09. The Labute approximate surface area is 190 Å². The Bertz CT molecular complexity index is 844. The lowest BCUT2D eigenvalue weighted by atomic mass is 10.1. The molecule has 1 saturated heterocycles. The van der Waals surface area contributed by atoms with Crippen molar-refractivity contribution in [2.45, 2.75) is 6.42 Å². The van der Waals surface area contributed by atoms with Crippen LogP contribution in [0.25, 0.3) is 0 Å². The molecule has 0 N–H and O–H groups in total. The van der Waals surface area contributed by atoms with Gasteiger partial charge in [-0.3, -0.25) is 9.69 Å². The summed E-state index contributed by atoms with van der Waals surface area (Å²) in [7, 11) is 6.34. The van der Waals surface area contributed by atoms with E-state index in [0.29, 0.717) is 29.2 Å². The number of methoxy groups -OCH3 is 4. The van der Waals surface area contributed by atoms with Crippen LogP contribution in [-0.2, 0) is 0 Å². The predicted molar refractivity (Wildman–Crippen MR) is 124 cm³/mol. The Morgan fingerprint density at radius 3 is 1.97 bits per heavy atom. The maximum absolute atomic E-state index is 12.8. The molecule has 7 nitrogen and oxygen atoms in total. The van der Waals surface area contributed by atoms with Gasteiger partial charge in [0.15, 0.2) is 17.3 Å². The lowest BCUT2D eigenvalue weighted by Crippen LogP contribution is -2.47. The number of nitrogens with zero attached hydrogens (tertiary/aromatic N) is 2. The molecule has 0 unspecified atom stereocenters. The summed E-state index contributed by atoms with van der Waals surface area (Å²) in [5.41, 5.74) is 1.69. The first-order chi connectivity index (χ1) is 14.6. The largest absolute Gasteiger partial charge is 0.495 e. The first-order valence-corrected chi connectivity index (χ1v) is 10.0. The standard InChI is InChI=1S/C23H30N2O5.ClH/c1-27-20-8-6-5-7-18(20)25-13-11-24(12-14-25)10-9-19(26)17-15-21(28-2)23(30-4)22(16-17)29-3;/h5-8,15-16H,9-14H2,1-4H3;1H. The van der Waals surface area contributed by atoms with Crippen molar-refractivity contribution in [1.82, 2.24) is 4.90 Å². The highest BCUT2D eigenvalue weighted by Crippen LogP contribution is 2.38. The summed E-state index contributed by atoms with van der Waals surface area (Å²) >= 11 is 0. The van der Waals surface area contributed by atoms with Crippen molar-refractivity contribution in [2.24, 2.45) is 0 Å². The van der Waals surface area contributed by atoms with Crippen LogP contribution >= 0.6 is 12.4 Å². The van der Waals surface area contributed by atoms with E-state index in [4.69, 9.17) is 18.9 Å². The third kappa shape index (κ3) is 5.74. The van der Waals surface area contributed by atoms with Crippen LogP contribution in [0.2, 0.25) is 0 Å². The Balaban J connectivity index is 0.00000341. The number of halogens is 1. The average molecular weight is 451 g/mol. The fraction of sp³-hybridized carbons (Fsp3) is 0.435. The van der Waals surface area contributed by atoms with Crippen LogP contribution < -0.4 is 23.8 Å². The topological polar surface area (TPSA) is 60.5 Å². The number of anilines is 1. The van der Waals surface area contributed by atoms with Crippen LogP contribution in [0.15, 0.2) is 36.4 Å². The Kier molecular flexibility index (Phi) is 9.27. The number of rotatable bonds is 9. The predicted octanol–water partition coefficient (Wildman–Crippen LogP) is 3.54. The summed E-state index contributed by atoms with van der Waals surface area (Å²) in [5.74, 6) is 2.42. The summed E-state index contributed by atoms with van der Waals surface area (Å²) in [6.45, 7) is 4.33. The third-order valence-corrected chi connectivity index (χ3v) is 5.44.